The van der Waals surface area contributed by atoms with Crippen molar-refractivity contribution in [3.05, 3.63) is 30.1 Å². The summed E-state index contributed by atoms with van der Waals surface area (Å²) in [4.78, 5) is 26.5. The standard InChI is InChI=1S/C14H20N2O3/c1-10(2)7-11(8-13(17)18)9-16-14(19)12-5-3-4-6-15-12/h3-6,10-11H,7-9H2,1-2H3,(H,16,19)(H,17,18). The molecule has 0 aliphatic carbocycles. The van der Waals surface area contributed by atoms with Crippen molar-refractivity contribution < 1.29 is 14.7 Å². The topological polar surface area (TPSA) is 79.3 Å². The molecule has 0 fully saturated rings. The van der Waals surface area contributed by atoms with Crippen LogP contribution in [0, 0.1) is 11.8 Å². The molecule has 1 rings (SSSR count). The van der Waals surface area contributed by atoms with Crippen LogP contribution >= 0.6 is 0 Å². The second-order valence-electron chi connectivity index (χ2n) is 5.02. The second kappa shape index (κ2) is 7.51. The number of nitrogens with zero attached hydrogens (tertiary/aromatic N) is 1. The number of pyridine rings is 1. The van der Waals surface area contributed by atoms with Crippen LogP contribution in [0.15, 0.2) is 24.4 Å². The van der Waals surface area contributed by atoms with Crippen LogP contribution in [0.25, 0.3) is 0 Å². The van der Waals surface area contributed by atoms with Crippen molar-refractivity contribution in [3.8, 4) is 0 Å². The summed E-state index contributed by atoms with van der Waals surface area (Å²) in [6.45, 7) is 4.44. The van der Waals surface area contributed by atoms with Gasteiger partial charge in [-0.3, -0.25) is 14.6 Å². The van der Waals surface area contributed by atoms with Gasteiger partial charge in [-0.2, -0.15) is 0 Å². The van der Waals surface area contributed by atoms with Gasteiger partial charge in [-0.1, -0.05) is 19.9 Å². The van der Waals surface area contributed by atoms with Crippen molar-refractivity contribution in [2.45, 2.75) is 26.7 Å². The van der Waals surface area contributed by atoms with Gasteiger partial charge in [0.2, 0.25) is 0 Å². The number of aliphatic carboxylic acids is 1. The van der Waals surface area contributed by atoms with Crippen LogP contribution in [0.2, 0.25) is 0 Å². The number of rotatable bonds is 7. The second-order valence-corrected chi connectivity index (χ2v) is 5.02. The van der Waals surface area contributed by atoms with E-state index >= 15 is 0 Å². The first-order chi connectivity index (χ1) is 8.99. The fourth-order valence-corrected chi connectivity index (χ4v) is 1.98. The zero-order valence-electron chi connectivity index (χ0n) is 11.3. The van der Waals surface area contributed by atoms with Gasteiger partial charge in [0.1, 0.15) is 5.69 Å². The molecule has 0 bridgehead atoms. The monoisotopic (exact) mass is 264 g/mol. The summed E-state index contributed by atoms with van der Waals surface area (Å²) in [7, 11) is 0. The SMILES string of the molecule is CC(C)CC(CNC(=O)c1ccccn1)CC(=O)O. The van der Waals surface area contributed by atoms with Crippen LogP contribution in [0.3, 0.4) is 0 Å². The molecule has 2 N–H and O–H groups in total. The summed E-state index contributed by atoms with van der Waals surface area (Å²) in [5.41, 5.74) is 0.348. The van der Waals surface area contributed by atoms with Gasteiger partial charge in [0.05, 0.1) is 0 Å². The van der Waals surface area contributed by atoms with Crippen LogP contribution in [0.4, 0.5) is 0 Å². The summed E-state index contributed by atoms with van der Waals surface area (Å²) in [5, 5.41) is 11.6. The van der Waals surface area contributed by atoms with E-state index in [1.165, 1.54) is 0 Å². The van der Waals surface area contributed by atoms with Crippen molar-refractivity contribution in [1.82, 2.24) is 10.3 Å². The summed E-state index contributed by atoms with van der Waals surface area (Å²) >= 11 is 0. The molecular weight excluding hydrogens is 244 g/mol. The van der Waals surface area contributed by atoms with Gasteiger partial charge in [0.25, 0.3) is 5.91 Å². The van der Waals surface area contributed by atoms with E-state index in [0.717, 1.165) is 6.42 Å². The molecule has 0 saturated carbocycles. The Hall–Kier alpha value is -1.91. The Morgan fingerprint density at radius 2 is 2.11 bits per heavy atom. The zero-order chi connectivity index (χ0) is 14.3. The third-order valence-electron chi connectivity index (χ3n) is 2.72. The van der Waals surface area contributed by atoms with Gasteiger partial charge in [0.15, 0.2) is 0 Å². The molecule has 0 radical (unpaired) electrons. The van der Waals surface area contributed by atoms with Crippen molar-refractivity contribution in [2.24, 2.45) is 11.8 Å². The number of carboxylic acids is 1. The fraction of sp³-hybridized carbons (Fsp3) is 0.500. The highest BCUT2D eigenvalue weighted by molar-refractivity contribution is 5.92. The highest BCUT2D eigenvalue weighted by atomic mass is 16.4. The van der Waals surface area contributed by atoms with E-state index in [2.05, 4.69) is 10.3 Å². The van der Waals surface area contributed by atoms with Crippen LogP contribution in [-0.4, -0.2) is 28.5 Å². The smallest absolute Gasteiger partial charge is 0.303 e. The Bertz CT molecular complexity index is 418. The maximum absolute atomic E-state index is 11.8. The van der Waals surface area contributed by atoms with E-state index < -0.39 is 5.97 Å². The molecule has 19 heavy (non-hydrogen) atoms. The predicted octanol–water partition coefficient (Wildman–Crippen LogP) is 1.95. The summed E-state index contributed by atoms with van der Waals surface area (Å²) in [6.07, 6.45) is 2.40. The summed E-state index contributed by atoms with van der Waals surface area (Å²) in [5.74, 6) is -0.751. The minimum absolute atomic E-state index is 0.0508. The Kier molecular flexibility index (Phi) is 5.99. The van der Waals surface area contributed by atoms with Gasteiger partial charge in [0, 0.05) is 19.2 Å². The predicted molar refractivity (Wildman–Crippen MR) is 71.8 cm³/mol. The molecule has 0 saturated heterocycles. The highest BCUT2D eigenvalue weighted by Crippen LogP contribution is 2.14. The van der Waals surface area contributed by atoms with Crippen LogP contribution in [0.1, 0.15) is 37.2 Å². The lowest BCUT2D eigenvalue weighted by atomic mass is 9.94. The average molecular weight is 264 g/mol. The third-order valence-corrected chi connectivity index (χ3v) is 2.72. The third kappa shape index (κ3) is 5.99. The van der Waals surface area contributed by atoms with E-state index in [9.17, 15) is 9.59 Å². The van der Waals surface area contributed by atoms with E-state index in [1.54, 1.807) is 24.4 Å². The lowest BCUT2D eigenvalue weighted by molar-refractivity contribution is -0.138. The van der Waals surface area contributed by atoms with Crippen molar-refractivity contribution in [1.29, 1.82) is 0 Å². The average Bonchev–Trinajstić information content (AvgIpc) is 2.35. The molecule has 0 aliphatic rings. The molecule has 1 aromatic heterocycles. The van der Waals surface area contributed by atoms with Crippen LogP contribution < -0.4 is 5.32 Å². The maximum Gasteiger partial charge on any atom is 0.303 e. The molecule has 1 heterocycles. The molecule has 0 aromatic carbocycles. The molecule has 1 amide bonds. The number of nitrogens with one attached hydrogen (secondary N) is 1. The quantitative estimate of drug-likeness (QED) is 0.789. The number of amides is 1. The molecule has 0 spiro atoms. The lowest BCUT2D eigenvalue weighted by Crippen LogP contribution is -2.31. The maximum atomic E-state index is 11.8. The number of hydrogen-bond donors (Lipinski definition) is 2. The molecule has 1 atom stereocenters. The van der Waals surface area contributed by atoms with E-state index in [1.807, 2.05) is 13.8 Å². The lowest BCUT2D eigenvalue weighted by Gasteiger charge is -2.17. The Morgan fingerprint density at radius 1 is 1.37 bits per heavy atom. The normalized spacial score (nSPS) is 12.2. The molecular formula is C14H20N2O3. The van der Waals surface area contributed by atoms with E-state index in [4.69, 9.17) is 5.11 Å². The van der Waals surface area contributed by atoms with Gasteiger partial charge in [-0.15, -0.1) is 0 Å². The van der Waals surface area contributed by atoms with Gasteiger partial charge in [-0.25, -0.2) is 0 Å². The zero-order valence-corrected chi connectivity index (χ0v) is 11.3. The van der Waals surface area contributed by atoms with E-state index in [0.29, 0.717) is 18.2 Å². The van der Waals surface area contributed by atoms with E-state index in [-0.39, 0.29) is 18.2 Å². The van der Waals surface area contributed by atoms with Crippen LogP contribution in [0.5, 0.6) is 0 Å². The molecule has 1 aromatic rings. The largest absolute Gasteiger partial charge is 0.481 e. The van der Waals surface area contributed by atoms with Crippen molar-refractivity contribution >= 4 is 11.9 Å². The number of aromatic nitrogens is 1. The first kappa shape index (κ1) is 15.1. The number of carboxylic acid groups (broad SMARTS) is 1. The number of carbonyl (C=O) groups excluding carboxylic acids is 1. The van der Waals surface area contributed by atoms with Crippen molar-refractivity contribution in [3.63, 3.8) is 0 Å². The Labute approximate surface area is 113 Å². The molecule has 5 heteroatoms. The molecule has 104 valence electrons. The molecule has 5 nitrogen and oxygen atoms in total. The van der Waals surface area contributed by atoms with Crippen LogP contribution in [-0.2, 0) is 4.79 Å². The Balaban J connectivity index is 2.51. The van der Waals surface area contributed by atoms with Gasteiger partial charge in [-0.05, 0) is 30.4 Å². The summed E-state index contributed by atoms with van der Waals surface area (Å²) < 4.78 is 0. The van der Waals surface area contributed by atoms with Gasteiger partial charge < -0.3 is 10.4 Å². The molecule has 1 unspecified atom stereocenters. The first-order valence-electron chi connectivity index (χ1n) is 6.40. The fourth-order valence-electron chi connectivity index (χ4n) is 1.98. The van der Waals surface area contributed by atoms with Crippen molar-refractivity contribution in [2.75, 3.05) is 6.54 Å². The Morgan fingerprint density at radius 3 is 2.63 bits per heavy atom. The summed E-state index contributed by atoms with van der Waals surface area (Å²) in [6, 6.07) is 5.11. The first-order valence-corrected chi connectivity index (χ1v) is 6.40. The van der Waals surface area contributed by atoms with Gasteiger partial charge >= 0.3 is 5.97 Å². The minimum atomic E-state index is -0.835. The highest BCUT2D eigenvalue weighted by Gasteiger charge is 2.16. The minimum Gasteiger partial charge on any atom is -0.481 e. The number of carbonyl (C=O) groups is 2. The molecule has 0 aliphatic heterocycles. The number of hydrogen-bond acceptors (Lipinski definition) is 3.